The number of thioether (sulfide) groups is 1. The summed E-state index contributed by atoms with van der Waals surface area (Å²) in [5.41, 5.74) is 5.05. The van der Waals surface area contributed by atoms with Gasteiger partial charge in [-0.2, -0.15) is 0 Å². The summed E-state index contributed by atoms with van der Waals surface area (Å²) in [7, 11) is 0. The van der Waals surface area contributed by atoms with Crippen LogP contribution in [0, 0.1) is 0 Å². The maximum Gasteiger partial charge on any atom is 0.00695 e. The summed E-state index contributed by atoms with van der Waals surface area (Å²) in [6, 6.07) is 27.9. The average Bonchev–Trinajstić information content (AvgIpc) is 2.56. The van der Waals surface area contributed by atoms with Crippen LogP contribution in [0.4, 0.5) is 0 Å². The molecule has 1 heteroatoms. The molecule has 0 nitrogen and oxygen atoms in total. The van der Waals surface area contributed by atoms with Gasteiger partial charge in [-0.3, -0.25) is 0 Å². The lowest BCUT2D eigenvalue weighted by molar-refractivity contribution is 1.46. The molecular weight excluding hydrogens is 260 g/mol. The van der Waals surface area contributed by atoms with Crippen LogP contribution < -0.4 is 0 Å². The summed E-state index contributed by atoms with van der Waals surface area (Å²) in [5.74, 6) is 0. The molecule has 0 fully saturated rings. The minimum Gasteiger partial charge on any atom is -0.130 e. The molecule has 0 spiro atoms. The number of rotatable bonds is 3. The van der Waals surface area contributed by atoms with Crippen molar-refractivity contribution in [3.63, 3.8) is 0 Å². The van der Waals surface area contributed by atoms with Gasteiger partial charge < -0.3 is 0 Å². The summed E-state index contributed by atoms with van der Waals surface area (Å²) in [6.45, 7) is 0. The van der Waals surface area contributed by atoms with Crippen molar-refractivity contribution in [2.45, 2.75) is 4.90 Å². The second-order valence-corrected chi connectivity index (χ2v) is 5.55. The zero-order chi connectivity index (χ0) is 13.8. The molecule has 0 aromatic heterocycles. The van der Waals surface area contributed by atoms with E-state index < -0.39 is 0 Å². The molecule has 0 N–H and O–H groups in total. The molecule has 0 aliphatic rings. The first kappa shape index (κ1) is 13.0. The standard InChI is InChI=1S/C19H16S/c1-20-19-13-11-18(12-14-19)17-9-7-16(8-10-17)15-5-3-2-4-6-15/h2-14H,1H3. The Balaban J connectivity index is 1.89. The van der Waals surface area contributed by atoms with E-state index >= 15 is 0 Å². The lowest BCUT2D eigenvalue weighted by Crippen LogP contribution is -1.80. The van der Waals surface area contributed by atoms with Crippen LogP contribution in [0.25, 0.3) is 22.3 Å². The second-order valence-electron chi connectivity index (χ2n) is 4.67. The lowest BCUT2D eigenvalue weighted by atomic mass is 10.0. The molecule has 3 aromatic rings. The summed E-state index contributed by atoms with van der Waals surface area (Å²) >= 11 is 1.77. The van der Waals surface area contributed by atoms with Crippen molar-refractivity contribution in [3.8, 4) is 22.3 Å². The van der Waals surface area contributed by atoms with Crippen molar-refractivity contribution in [1.82, 2.24) is 0 Å². The molecule has 0 bridgehead atoms. The van der Waals surface area contributed by atoms with Gasteiger partial charge in [0, 0.05) is 4.90 Å². The van der Waals surface area contributed by atoms with E-state index in [0.717, 1.165) is 0 Å². The van der Waals surface area contributed by atoms with Crippen LogP contribution in [-0.4, -0.2) is 6.26 Å². The highest BCUT2D eigenvalue weighted by Gasteiger charge is 2.00. The van der Waals surface area contributed by atoms with Crippen molar-refractivity contribution in [3.05, 3.63) is 78.9 Å². The molecule has 0 aliphatic carbocycles. The third-order valence-electron chi connectivity index (χ3n) is 3.42. The van der Waals surface area contributed by atoms with E-state index in [1.54, 1.807) is 11.8 Å². The molecule has 98 valence electrons. The Morgan fingerprint density at radius 3 is 1.35 bits per heavy atom. The Hall–Kier alpha value is -1.99. The Morgan fingerprint density at radius 2 is 0.900 bits per heavy atom. The van der Waals surface area contributed by atoms with Crippen LogP contribution in [0.1, 0.15) is 0 Å². The third kappa shape index (κ3) is 2.78. The predicted octanol–water partition coefficient (Wildman–Crippen LogP) is 5.74. The van der Waals surface area contributed by atoms with Crippen LogP contribution in [0.2, 0.25) is 0 Å². The first-order valence-electron chi connectivity index (χ1n) is 6.67. The predicted molar refractivity (Wildman–Crippen MR) is 89.1 cm³/mol. The Labute approximate surface area is 124 Å². The van der Waals surface area contributed by atoms with Gasteiger partial charge >= 0.3 is 0 Å². The van der Waals surface area contributed by atoms with Gasteiger partial charge in [0.25, 0.3) is 0 Å². The SMILES string of the molecule is CSc1ccc(-c2ccc(-c3ccccc3)cc2)cc1. The molecule has 3 aromatic carbocycles. The maximum absolute atomic E-state index is 2.19. The summed E-state index contributed by atoms with van der Waals surface area (Å²) in [5, 5.41) is 0. The number of hydrogen-bond acceptors (Lipinski definition) is 1. The van der Waals surface area contributed by atoms with Crippen molar-refractivity contribution < 1.29 is 0 Å². The maximum atomic E-state index is 2.19. The molecule has 0 saturated heterocycles. The van der Waals surface area contributed by atoms with Gasteiger partial charge in [0.2, 0.25) is 0 Å². The molecule has 3 rings (SSSR count). The fourth-order valence-electron chi connectivity index (χ4n) is 2.27. The third-order valence-corrected chi connectivity index (χ3v) is 4.16. The van der Waals surface area contributed by atoms with Crippen LogP contribution >= 0.6 is 11.8 Å². The van der Waals surface area contributed by atoms with E-state index in [9.17, 15) is 0 Å². The molecule has 0 radical (unpaired) electrons. The fraction of sp³-hybridized carbons (Fsp3) is 0.0526. The minimum absolute atomic E-state index is 1.26. The molecule has 20 heavy (non-hydrogen) atoms. The van der Waals surface area contributed by atoms with E-state index in [1.807, 2.05) is 6.07 Å². The van der Waals surface area contributed by atoms with Crippen LogP contribution in [-0.2, 0) is 0 Å². The zero-order valence-electron chi connectivity index (χ0n) is 11.4. The normalized spacial score (nSPS) is 10.4. The zero-order valence-corrected chi connectivity index (χ0v) is 12.2. The van der Waals surface area contributed by atoms with Crippen molar-refractivity contribution >= 4 is 11.8 Å². The van der Waals surface area contributed by atoms with Crippen molar-refractivity contribution in [1.29, 1.82) is 0 Å². The summed E-state index contributed by atoms with van der Waals surface area (Å²) < 4.78 is 0. The van der Waals surface area contributed by atoms with Gasteiger partial charge in [0.05, 0.1) is 0 Å². The molecule has 0 atom stereocenters. The highest BCUT2D eigenvalue weighted by Crippen LogP contribution is 2.26. The van der Waals surface area contributed by atoms with E-state index in [1.165, 1.54) is 27.1 Å². The second kappa shape index (κ2) is 5.98. The lowest BCUT2D eigenvalue weighted by Gasteiger charge is -2.05. The topological polar surface area (TPSA) is 0 Å². The largest absolute Gasteiger partial charge is 0.130 e. The van der Waals surface area contributed by atoms with Gasteiger partial charge in [0.1, 0.15) is 0 Å². The Morgan fingerprint density at radius 1 is 0.500 bits per heavy atom. The molecule has 0 saturated carbocycles. The fourth-order valence-corrected chi connectivity index (χ4v) is 2.68. The summed E-state index contributed by atoms with van der Waals surface area (Å²) in [4.78, 5) is 1.30. The summed E-state index contributed by atoms with van der Waals surface area (Å²) in [6.07, 6.45) is 2.10. The Kier molecular flexibility index (Phi) is 3.89. The van der Waals surface area contributed by atoms with Gasteiger partial charge in [-0.25, -0.2) is 0 Å². The van der Waals surface area contributed by atoms with E-state index in [2.05, 4.69) is 79.1 Å². The minimum atomic E-state index is 1.26. The first-order valence-corrected chi connectivity index (χ1v) is 7.89. The first-order chi connectivity index (χ1) is 9.86. The van der Waals surface area contributed by atoms with E-state index in [0.29, 0.717) is 0 Å². The van der Waals surface area contributed by atoms with Gasteiger partial charge in [-0.05, 0) is 40.6 Å². The molecule has 0 aliphatic heterocycles. The quantitative estimate of drug-likeness (QED) is 0.549. The van der Waals surface area contributed by atoms with Crippen LogP contribution in [0.3, 0.4) is 0 Å². The number of hydrogen-bond donors (Lipinski definition) is 0. The molecule has 0 amide bonds. The highest BCUT2D eigenvalue weighted by molar-refractivity contribution is 7.98. The van der Waals surface area contributed by atoms with Crippen molar-refractivity contribution in [2.24, 2.45) is 0 Å². The van der Waals surface area contributed by atoms with E-state index in [4.69, 9.17) is 0 Å². The van der Waals surface area contributed by atoms with Crippen LogP contribution in [0.5, 0.6) is 0 Å². The molecular formula is C19H16S. The average molecular weight is 276 g/mol. The van der Waals surface area contributed by atoms with E-state index in [-0.39, 0.29) is 0 Å². The van der Waals surface area contributed by atoms with Gasteiger partial charge in [-0.15, -0.1) is 11.8 Å². The monoisotopic (exact) mass is 276 g/mol. The van der Waals surface area contributed by atoms with Gasteiger partial charge in [-0.1, -0.05) is 66.7 Å². The molecule has 0 heterocycles. The Bertz CT molecular complexity index is 667. The molecule has 0 unspecified atom stereocenters. The van der Waals surface area contributed by atoms with Crippen LogP contribution in [0.15, 0.2) is 83.8 Å². The van der Waals surface area contributed by atoms with Crippen molar-refractivity contribution in [2.75, 3.05) is 6.26 Å². The highest BCUT2D eigenvalue weighted by atomic mass is 32.2. The van der Waals surface area contributed by atoms with Gasteiger partial charge in [0.15, 0.2) is 0 Å². The smallest absolute Gasteiger partial charge is 0.00695 e. The number of benzene rings is 3.